The third kappa shape index (κ3) is 6.33. The molecule has 0 fully saturated rings. The van der Waals surface area contributed by atoms with Crippen molar-refractivity contribution in [2.45, 2.75) is 45.9 Å². The molecule has 0 aromatic heterocycles. The van der Waals surface area contributed by atoms with E-state index < -0.39 is 28.2 Å². The van der Waals surface area contributed by atoms with E-state index in [4.69, 9.17) is 4.74 Å². The van der Waals surface area contributed by atoms with E-state index in [1.807, 2.05) is 20.8 Å². The number of fused-ring (bicyclic) bond motifs is 1. The lowest BCUT2D eigenvalue weighted by atomic mass is 9.99. The van der Waals surface area contributed by atoms with Gasteiger partial charge in [0.15, 0.2) is 5.75 Å². The molecule has 2 rings (SSSR count). The predicted octanol–water partition coefficient (Wildman–Crippen LogP) is 1.33. The Kier molecular flexibility index (Phi) is 8.49. The van der Waals surface area contributed by atoms with Gasteiger partial charge >= 0.3 is 6.03 Å². The zero-order valence-electron chi connectivity index (χ0n) is 19.5. The third-order valence-corrected chi connectivity index (χ3v) is 6.64. The van der Waals surface area contributed by atoms with Gasteiger partial charge in [-0.15, -0.1) is 0 Å². The predicted molar refractivity (Wildman–Crippen MR) is 122 cm³/mol. The topological polar surface area (TPSA) is 128 Å². The first-order valence-electron chi connectivity index (χ1n) is 10.6. The van der Waals surface area contributed by atoms with Gasteiger partial charge in [0.05, 0.1) is 36.7 Å². The molecule has 0 aliphatic carbocycles. The van der Waals surface area contributed by atoms with Crippen molar-refractivity contribution >= 4 is 27.6 Å². The average Bonchev–Trinajstić information content (AvgIpc) is 2.69. The van der Waals surface area contributed by atoms with E-state index in [2.05, 4.69) is 10.6 Å². The van der Waals surface area contributed by atoms with Crippen LogP contribution in [-0.2, 0) is 10.0 Å². The molecule has 0 unspecified atom stereocenters. The van der Waals surface area contributed by atoms with Crippen LogP contribution >= 0.6 is 0 Å². The molecule has 1 aliphatic rings. The average molecular weight is 471 g/mol. The lowest BCUT2D eigenvalue weighted by Gasteiger charge is -2.38. The Morgan fingerprint density at radius 1 is 1.34 bits per heavy atom. The molecule has 1 aliphatic heterocycles. The quantitative estimate of drug-likeness (QED) is 0.552. The highest BCUT2D eigenvalue weighted by Gasteiger charge is 2.35. The van der Waals surface area contributed by atoms with Gasteiger partial charge < -0.3 is 25.4 Å². The number of nitrogens with zero attached hydrogens (tertiary/aromatic N) is 2. The van der Waals surface area contributed by atoms with Gasteiger partial charge in [0, 0.05) is 25.6 Å². The Bertz CT molecular complexity index is 936. The number of carbonyl (C=O) groups is 2. The lowest BCUT2D eigenvalue weighted by Crippen LogP contribution is -2.50. The van der Waals surface area contributed by atoms with Crippen LogP contribution in [0.5, 0.6) is 5.75 Å². The number of hydrogen-bond acceptors (Lipinski definition) is 6. The fourth-order valence-corrected chi connectivity index (χ4v) is 3.79. The fourth-order valence-electron chi connectivity index (χ4n) is 3.37. The number of aliphatic hydroxyl groups is 1. The molecule has 0 spiro atoms. The summed E-state index contributed by atoms with van der Waals surface area (Å²) in [5, 5.41) is 15.1. The molecular formula is C21H34N4O6S. The van der Waals surface area contributed by atoms with Crippen molar-refractivity contribution in [3.05, 3.63) is 23.8 Å². The van der Waals surface area contributed by atoms with Crippen molar-refractivity contribution in [3.63, 3.8) is 0 Å². The van der Waals surface area contributed by atoms with Gasteiger partial charge in [0.25, 0.3) is 5.91 Å². The largest absolute Gasteiger partial charge is 0.486 e. The van der Waals surface area contributed by atoms with Gasteiger partial charge in [-0.05, 0) is 32.9 Å². The molecule has 180 valence electrons. The number of benzene rings is 1. The number of hydrogen-bond donors (Lipinski definition) is 3. The number of urea groups is 1. The van der Waals surface area contributed by atoms with Gasteiger partial charge in [-0.2, -0.15) is 0 Å². The third-order valence-electron chi connectivity index (χ3n) is 5.36. The van der Waals surface area contributed by atoms with E-state index in [9.17, 15) is 23.1 Å². The molecule has 1 heterocycles. The number of rotatable bonds is 7. The molecule has 10 nitrogen and oxygen atoms in total. The number of likely N-dealkylation sites (N-methyl/N-ethyl adjacent to an activating group) is 1. The minimum Gasteiger partial charge on any atom is -0.486 e. The van der Waals surface area contributed by atoms with Gasteiger partial charge in [-0.25, -0.2) is 17.5 Å². The summed E-state index contributed by atoms with van der Waals surface area (Å²) in [7, 11) is -2.00. The lowest BCUT2D eigenvalue weighted by molar-refractivity contribution is 0.0389. The summed E-state index contributed by atoms with van der Waals surface area (Å²) in [6.07, 6.45) is 0.507. The van der Waals surface area contributed by atoms with Crippen LogP contribution in [0.4, 0.5) is 10.5 Å². The normalized spacial score (nSPS) is 20.3. The van der Waals surface area contributed by atoms with Crippen molar-refractivity contribution in [3.8, 4) is 5.75 Å². The number of aliphatic hydroxyl groups excluding tert-OH is 1. The first-order chi connectivity index (χ1) is 14.8. The molecular weight excluding hydrogens is 436 g/mol. The summed E-state index contributed by atoms with van der Waals surface area (Å²) in [4.78, 5) is 27.2. The minimum absolute atomic E-state index is 0.0570. The summed E-state index contributed by atoms with van der Waals surface area (Å²) in [5.74, 6) is -0.427. The minimum atomic E-state index is -3.46. The number of nitrogens with one attached hydrogen (secondary N) is 2. The SMILES string of the molecule is CC(C)NC(=O)Nc1cccc2c1O[C@H](CN(C)S(C)(=O)=O)[C@@H](C)CN([C@H](C)CO)C2=O. The van der Waals surface area contributed by atoms with Crippen LogP contribution < -0.4 is 15.4 Å². The molecule has 0 radical (unpaired) electrons. The first-order valence-corrected chi connectivity index (χ1v) is 12.4. The second-order valence-corrected chi connectivity index (χ2v) is 10.7. The smallest absolute Gasteiger partial charge is 0.319 e. The summed E-state index contributed by atoms with van der Waals surface area (Å²) in [6.45, 7) is 7.34. The summed E-state index contributed by atoms with van der Waals surface area (Å²) >= 11 is 0. The summed E-state index contributed by atoms with van der Waals surface area (Å²) in [5.41, 5.74) is 0.526. The zero-order valence-corrected chi connectivity index (χ0v) is 20.3. The van der Waals surface area contributed by atoms with Crippen LogP contribution in [0.1, 0.15) is 38.1 Å². The highest BCUT2D eigenvalue weighted by atomic mass is 32.2. The molecule has 1 aromatic carbocycles. The fraction of sp³-hybridized carbons (Fsp3) is 0.619. The van der Waals surface area contributed by atoms with E-state index in [0.717, 1.165) is 6.26 Å². The van der Waals surface area contributed by atoms with E-state index in [-0.39, 0.29) is 48.9 Å². The van der Waals surface area contributed by atoms with E-state index >= 15 is 0 Å². The maximum Gasteiger partial charge on any atom is 0.319 e. The Hall–Kier alpha value is -2.37. The molecule has 0 saturated carbocycles. The number of sulfonamides is 1. The van der Waals surface area contributed by atoms with E-state index in [1.165, 1.54) is 11.4 Å². The first kappa shape index (κ1) is 25.9. The Balaban J connectivity index is 2.54. The molecule has 3 amide bonds. The highest BCUT2D eigenvalue weighted by molar-refractivity contribution is 7.88. The van der Waals surface area contributed by atoms with Crippen molar-refractivity contribution < 1.29 is 27.9 Å². The Morgan fingerprint density at radius 2 is 2.00 bits per heavy atom. The van der Waals surface area contributed by atoms with Gasteiger partial charge in [0.2, 0.25) is 10.0 Å². The maximum atomic E-state index is 13.3. The summed E-state index contributed by atoms with van der Waals surface area (Å²) < 4.78 is 31.4. The van der Waals surface area contributed by atoms with Crippen LogP contribution in [0.3, 0.4) is 0 Å². The second kappa shape index (κ2) is 10.5. The second-order valence-electron chi connectivity index (χ2n) is 8.60. The van der Waals surface area contributed by atoms with E-state index in [1.54, 1.807) is 30.0 Å². The molecule has 11 heteroatoms. The molecule has 3 atom stereocenters. The molecule has 0 bridgehead atoms. The van der Waals surface area contributed by atoms with Gasteiger partial charge in [0.1, 0.15) is 6.10 Å². The number of para-hydroxylation sites is 1. The van der Waals surface area contributed by atoms with E-state index in [0.29, 0.717) is 5.69 Å². The molecule has 32 heavy (non-hydrogen) atoms. The number of ether oxygens (including phenoxy) is 1. The van der Waals surface area contributed by atoms with Crippen molar-refractivity contribution in [2.24, 2.45) is 5.92 Å². The molecule has 0 saturated heterocycles. The summed E-state index contributed by atoms with van der Waals surface area (Å²) in [6, 6.07) is 3.84. The van der Waals surface area contributed by atoms with Crippen LogP contribution in [0, 0.1) is 5.92 Å². The van der Waals surface area contributed by atoms with Crippen LogP contribution in [-0.4, -0.2) is 85.9 Å². The number of amides is 3. The Morgan fingerprint density at radius 3 is 2.56 bits per heavy atom. The van der Waals surface area contributed by atoms with Crippen LogP contribution in [0.2, 0.25) is 0 Å². The van der Waals surface area contributed by atoms with Crippen molar-refractivity contribution in [1.29, 1.82) is 0 Å². The van der Waals surface area contributed by atoms with Crippen LogP contribution in [0.15, 0.2) is 18.2 Å². The Labute approximate surface area is 190 Å². The highest BCUT2D eigenvalue weighted by Crippen LogP contribution is 2.35. The number of anilines is 1. The monoisotopic (exact) mass is 470 g/mol. The molecule has 3 N–H and O–H groups in total. The standard InChI is InChI=1S/C21H34N4O6S/c1-13(2)22-21(28)23-17-9-7-8-16-19(17)31-18(11-24(5)32(6,29)30)14(3)10-25(20(16)27)15(4)12-26/h7-9,13-15,18,26H,10-12H2,1-6H3,(H2,22,23,28)/t14-,15+,18+/m0/s1. The zero-order chi connectivity index (χ0) is 24.2. The van der Waals surface area contributed by atoms with Gasteiger partial charge in [-0.1, -0.05) is 13.0 Å². The van der Waals surface area contributed by atoms with Crippen molar-refractivity contribution in [2.75, 3.05) is 38.3 Å². The van der Waals surface area contributed by atoms with Crippen molar-refractivity contribution in [1.82, 2.24) is 14.5 Å². The number of carbonyl (C=O) groups excluding carboxylic acids is 2. The van der Waals surface area contributed by atoms with Gasteiger partial charge in [-0.3, -0.25) is 4.79 Å². The maximum absolute atomic E-state index is 13.3. The van der Waals surface area contributed by atoms with Crippen LogP contribution in [0.25, 0.3) is 0 Å². The molecule has 1 aromatic rings.